The zero-order valence-corrected chi connectivity index (χ0v) is 14.0. The number of rotatable bonds is 6. The summed E-state index contributed by atoms with van der Waals surface area (Å²) in [7, 11) is 0. The van der Waals surface area contributed by atoms with E-state index in [0.29, 0.717) is 34.7 Å². The van der Waals surface area contributed by atoms with Gasteiger partial charge < -0.3 is 9.73 Å². The van der Waals surface area contributed by atoms with Gasteiger partial charge in [-0.05, 0) is 36.1 Å². The van der Waals surface area contributed by atoms with Crippen molar-refractivity contribution in [3.05, 3.63) is 65.3 Å². The van der Waals surface area contributed by atoms with E-state index in [2.05, 4.69) is 10.3 Å². The van der Waals surface area contributed by atoms with Gasteiger partial charge in [-0.2, -0.15) is 11.8 Å². The Balaban J connectivity index is 1.79. The molecule has 0 atom stereocenters. The van der Waals surface area contributed by atoms with E-state index < -0.39 is 0 Å². The van der Waals surface area contributed by atoms with Crippen molar-refractivity contribution in [1.82, 2.24) is 10.3 Å². The van der Waals surface area contributed by atoms with Crippen LogP contribution < -0.4 is 5.32 Å². The predicted octanol–water partition coefficient (Wildman–Crippen LogP) is 3.65. The first kappa shape index (κ1) is 16.5. The zero-order chi connectivity index (χ0) is 16.9. The second kappa shape index (κ2) is 7.49. The number of halogens is 1. The van der Waals surface area contributed by atoms with Crippen molar-refractivity contribution in [2.45, 2.75) is 6.42 Å². The summed E-state index contributed by atoms with van der Waals surface area (Å²) in [6, 6.07) is 11.7. The molecule has 0 spiro atoms. The van der Waals surface area contributed by atoms with Crippen LogP contribution in [0.5, 0.6) is 0 Å². The number of nitrogens with one attached hydrogen (secondary N) is 1. The number of carbonyl (C=O) groups is 1. The van der Waals surface area contributed by atoms with Crippen molar-refractivity contribution in [2.24, 2.45) is 0 Å². The van der Waals surface area contributed by atoms with Gasteiger partial charge >= 0.3 is 0 Å². The first-order valence-electron chi connectivity index (χ1n) is 7.57. The fraction of sp³-hybridized carbons (Fsp3) is 0.222. The minimum Gasteiger partial charge on any atom is -0.440 e. The van der Waals surface area contributed by atoms with Gasteiger partial charge in [0, 0.05) is 17.9 Å². The van der Waals surface area contributed by atoms with Crippen LogP contribution in [-0.4, -0.2) is 29.4 Å². The number of benzene rings is 2. The Bertz CT molecular complexity index is 863. The van der Waals surface area contributed by atoms with Crippen LogP contribution in [0.3, 0.4) is 0 Å². The van der Waals surface area contributed by atoms with Gasteiger partial charge in [-0.15, -0.1) is 0 Å². The molecule has 0 radical (unpaired) electrons. The minimum absolute atomic E-state index is 0.141. The number of nitrogens with zero attached hydrogens (tertiary/aromatic N) is 1. The van der Waals surface area contributed by atoms with E-state index in [1.165, 1.54) is 6.07 Å². The van der Waals surface area contributed by atoms with Crippen LogP contribution in [0.4, 0.5) is 4.39 Å². The Morgan fingerprint density at radius 1 is 1.29 bits per heavy atom. The van der Waals surface area contributed by atoms with E-state index in [9.17, 15) is 9.18 Å². The monoisotopic (exact) mass is 344 g/mol. The maximum Gasteiger partial charge on any atom is 0.251 e. The largest absolute Gasteiger partial charge is 0.440 e. The van der Waals surface area contributed by atoms with Crippen LogP contribution >= 0.6 is 11.8 Å². The summed E-state index contributed by atoms with van der Waals surface area (Å²) in [5.41, 5.74) is 2.23. The van der Waals surface area contributed by atoms with E-state index in [1.54, 1.807) is 48.2 Å². The SMILES string of the molecule is CSCCNC(=O)c1ccc2nc(Cc3ccccc3F)oc2c1. The van der Waals surface area contributed by atoms with Crippen molar-refractivity contribution in [1.29, 1.82) is 0 Å². The van der Waals surface area contributed by atoms with Gasteiger partial charge in [0.25, 0.3) is 5.91 Å². The van der Waals surface area contributed by atoms with Crippen LogP contribution in [-0.2, 0) is 6.42 Å². The van der Waals surface area contributed by atoms with Crippen molar-refractivity contribution < 1.29 is 13.6 Å². The fourth-order valence-electron chi connectivity index (χ4n) is 2.36. The van der Waals surface area contributed by atoms with Crippen molar-refractivity contribution in [3.8, 4) is 0 Å². The molecule has 3 rings (SSSR count). The molecular formula is C18H17FN2O2S. The number of amides is 1. The van der Waals surface area contributed by atoms with Crippen LogP contribution in [0.1, 0.15) is 21.8 Å². The zero-order valence-electron chi connectivity index (χ0n) is 13.2. The molecule has 2 aromatic carbocycles. The van der Waals surface area contributed by atoms with Gasteiger partial charge in [-0.25, -0.2) is 9.37 Å². The van der Waals surface area contributed by atoms with E-state index >= 15 is 0 Å². The maximum absolute atomic E-state index is 13.7. The molecule has 4 nitrogen and oxygen atoms in total. The molecule has 0 aliphatic heterocycles. The molecule has 24 heavy (non-hydrogen) atoms. The average molecular weight is 344 g/mol. The first-order chi connectivity index (χ1) is 11.7. The second-order valence-corrected chi connectivity index (χ2v) is 6.29. The lowest BCUT2D eigenvalue weighted by Gasteiger charge is -2.03. The molecule has 0 aliphatic carbocycles. The fourth-order valence-corrected chi connectivity index (χ4v) is 2.67. The third-order valence-corrected chi connectivity index (χ3v) is 4.20. The lowest BCUT2D eigenvalue weighted by molar-refractivity contribution is 0.0956. The minimum atomic E-state index is -0.284. The molecule has 0 saturated heterocycles. The van der Waals surface area contributed by atoms with Gasteiger partial charge in [-0.1, -0.05) is 18.2 Å². The van der Waals surface area contributed by atoms with Gasteiger partial charge in [-0.3, -0.25) is 4.79 Å². The molecule has 1 aromatic heterocycles. The highest BCUT2D eigenvalue weighted by atomic mass is 32.2. The van der Waals surface area contributed by atoms with Crippen LogP contribution in [0.15, 0.2) is 46.9 Å². The highest BCUT2D eigenvalue weighted by molar-refractivity contribution is 7.98. The highest BCUT2D eigenvalue weighted by Crippen LogP contribution is 2.20. The third kappa shape index (κ3) is 3.76. The summed E-state index contributed by atoms with van der Waals surface area (Å²) in [6.07, 6.45) is 2.26. The number of aromatic nitrogens is 1. The third-order valence-electron chi connectivity index (χ3n) is 3.59. The molecule has 0 bridgehead atoms. The van der Waals surface area contributed by atoms with Gasteiger partial charge in [0.2, 0.25) is 0 Å². The Labute approximate surface area is 143 Å². The summed E-state index contributed by atoms with van der Waals surface area (Å²) >= 11 is 1.67. The summed E-state index contributed by atoms with van der Waals surface area (Å²) in [4.78, 5) is 16.4. The van der Waals surface area contributed by atoms with E-state index in [1.807, 2.05) is 6.26 Å². The number of hydrogen-bond donors (Lipinski definition) is 1. The molecule has 0 unspecified atom stereocenters. The summed E-state index contributed by atoms with van der Waals surface area (Å²) in [6.45, 7) is 0.618. The normalized spacial score (nSPS) is 10.9. The molecule has 3 aromatic rings. The number of hydrogen-bond acceptors (Lipinski definition) is 4. The Morgan fingerprint density at radius 3 is 2.92 bits per heavy atom. The summed E-state index contributed by atoms with van der Waals surface area (Å²) < 4.78 is 19.4. The highest BCUT2D eigenvalue weighted by Gasteiger charge is 2.12. The topological polar surface area (TPSA) is 55.1 Å². The second-order valence-electron chi connectivity index (χ2n) is 5.31. The number of oxazole rings is 1. The first-order valence-corrected chi connectivity index (χ1v) is 8.97. The lowest BCUT2D eigenvalue weighted by atomic mass is 10.1. The quantitative estimate of drug-likeness (QED) is 0.694. The van der Waals surface area contributed by atoms with Gasteiger partial charge in [0.1, 0.15) is 11.3 Å². The van der Waals surface area contributed by atoms with Crippen LogP contribution in [0.2, 0.25) is 0 Å². The lowest BCUT2D eigenvalue weighted by Crippen LogP contribution is -2.25. The average Bonchev–Trinajstić information content (AvgIpc) is 2.98. The van der Waals surface area contributed by atoms with Crippen LogP contribution in [0, 0.1) is 5.82 Å². The molecule has 0 fully saturated rings. The number of thioether (sulfide) groups is 1. The van der Waals surface area contributed by atoms with Gasteiger partial charge in [0.05, 0.1) is 6.42 Å². The Morgan fingerprint density at radius 2 is 2.12 bits per heavy atom. The van der Waals surface area contributed by atoms with E-state index in [-0.39, 0.29) is 18.1 Å². The van der Waals surface area contributed by atoms with Crippen molar-refractivity contribution in [2.75, 3.05) is 18.6 Å². The number of fused-ring (bicyclic) bond motifs is 1. The molecule has 124 valence electrons. The Kier molecular flexibility index (Phi) is 5.15. The van der Waals surface area contributed by atoms with E-state index in [0.717, 1.165) is 5.75 Å². The van der Waals surface area contributed by atoms with Gasteiger partial charge in [0.15, 0.2) is 11.5 Å². The molecular weight excluding hydrogens is 327 g/mol. The predicted molar refractivity (Wildman–Crippen MR) is 93.9 cm³/mol. The maximum atomic E-state index is 13.7. The smallest absolute Gasteiger partial charge is 0.251 e. The summed E-state index contributed by atoms with van der Waals surface area (Å²) in [5, 5.41) is 2.85. The standard InChI is InChI=1S/C18H17FN2O2S/c1-24-9-8-20-18(22)13-6-7-15-16(10-13)23-17(21-15)11-12-4-2-3-5-14(12)19/h2-7,10H,8-9,11H2,1H3,(H,20,22). The molecule has 0 aliphatic rings. The van der Waals surface area contributed by atoms with Crippen molar-refractivity contribution in [3.63, 3.8) is 0 Å². The molecule has 1 amide bonds. The number of carbonyl (C=O) groups excluding carboxylic acids is 1. The van der Waals surface area contributed by atoms with Crippen molar-refractivity contribution >= 4 is 28.8 Å². The molecule has 0 saturated carbocycles. The Hall–Kier alpha value is -2.34. The molecule has 1 heterocycles. The molecule has 6 heteroatoms. The van der Waals surface area contributed by atoms with Crippen LogP contribution in [0.25, 0.3) is 11.1 Å². The summed E-state index contributed by atoms with van der Waals surface area (Å²) in [5.74, 6) is 0.866. The van der Waals surface area contributed by atoms with E-state index in [4.69, 9.17) is 4.42 Å². The molecule has 1 N–H and O–H groups in total.